The predicted molar refractivity (Wildman–Crippen MR) is 30.0 cm³/mol. The van der Waals surface area contributed by atoms with Crippen LogP contribution >= 0.6 is 0 Å². The third-order valence-electron chi connectivity index (χ3n) is 1.10. The van der Waals surface area contributed by atoms with E-state index in [2.05, 4.69) is 5.32 Å². The van der Waals surface area contributed by atoms with Gasteiger partial charge in [0.05, 0.1) is 6.42 Å². The van der Waals surface area contributed by atoms with Gasteiger partial charge in [-0.15, -0.1) is 0 Å². The van der Waals surface area contributed by atoms with Crippen LogP contribution in [-0.4, -0.2) is 23.3 Å². The van der Waals surface area contributed by atoms with E-state index in [1.54, 1.807) is 5.48 Å². The summed E-state index contributed by atoms with van der Waals surface area (Å²) in [5.74, 6) is -0.407. The number of hydroxylamine groups is 1. The van der Waals surface area contributed by atoms with E-state index in [1.165, 1.54) is 0 Å². The molecular weight excluding hydrogens is 138 g/mol. The van der Waals surface area contributed by atoms with Crippen molar-refractivity contribution in [2.75, 3.05) is 0 Å². The topological polar surface area (TPSA) is 90.5 Å². The van der Waals surface area contributed by atoms with Gasteiger partial charge in [-0.2, -0.15) is 5.48 Å². The van der Waals surface area contributed by atoms with Gasteiger partial charge in [0, 0.05) is 0 Å². The van der Waals surface area contributed by atoms with Gasteiger partial charge in [0.25, 0.3) is 0 Å². The Kier molecular flexibility index (Phi) is 1.83. The lowest BCUT2D eigenvalue weighted by Crippen LogP contribution is -2.56. The minimum absolute atomic E-state index is 0.0439. The summed E-state index contributed by atoms with van der Waals surface area (Å²) in [6.07, 6.45) is -0.622. The Morgan fingerprint density at radius 1 is 1.60 bits per heavy atom. The highest BCUT2D eigenvalue weighted by Gasteiger charge is 2.22. The molecule has 1 saturated heterocycles. The Bertz CT molecular complexity index is 153. The van der Waals surface area contributed by atoms with Gasteiger partial charge in [0.1, 0.15) is 6.17 Å². The van der Waals surface area contributed by atoms with E-state index in [0.29, 0.717) is 0 Å². The zero-order valence-electron chi connectivity index (χ0n) is 5.05. The molecule has 1 aliphatic rings. The van der Waals surface area contributed by atoms with Crippen LogP contribution in [0.25, 0.3) is 0 Å². The maximum atomic E-state index is 10.5. The molecule has 0 spiro atoms. The van der Waals surface area contributed by atoms with Gasteiger partial charge < -0.3 is 10.5 Å². The summed E-state index contributed by atoms with van der Waals surface area (Å²) in [5.41, 5.74) is 1.77. The summed E-state index contributed by atoms with van der Waals surface area (Å²) < 4.78 is 0. The summed E-state index contributed by atoms with van der Waals surface area (Å²) in [7, 11) is 0. The molecule has 0 aromatic carbocycles. The second kappa shape index (κ2) is 2.63. The zero-order valence-corrected chi connectivity index (χ0v) is 5.05. The molecule has 1 fully saturated rings. The molecule has 0 unspecified atom stereocenters. The van der Waals surface area contributed by atoms with Crippen LogP contribution in [0.4, 0.5) is 4.79 Å². The van der Waals surface area contributed by atoms with E-state index >= 15 is 0 Å². The number of hydrogen-bond acceptors (Lipinski definition) is 4. The van der Waals surface area contributed by atoms with Gasteiger partial charge in [0.15, 0.2) is 0 Å². The minimum Gasteiger partial charge on any atom is -0.320 e. The van der Waals surface area contributed by atoms with Crippen molar-refractivity contribution in [2.24, 2.45) is 0 Å². The smallest absolute Gasteiger partial charge is 0.320 e. The van der Waals surface area contributed by atoms with Crippen molar-refractivity contribution in [1.29, 1.82) is 0 Å². The van der Waals surface area contributed by atoms with Gasteiger partial charge in [-0.25, -0.2) is 4.79 Å². The first-order valence-corrected chi connectivity index (χ1v) is 2.72. The molecule has 0 radical (unpaired) electrons. The third-order valence-corrected chi connectivity index (χ3v) is 1.10. The quantitative estimate of drug-likeness (QED) is 0.339. The number of amides is 3. The molecule has 56 valence electrons. The Labute approximate surface area is 56.5 Å². The highest BCUT2D eigenvalue weighted by atomic mass is 16.5. The lowest BCUT2D eigenvalue weighted by molar-refractivity contribution is -0.122. The normalized spacial score (nSPS) is 25.5. The Hall–Kier alpha value is -1.14. The molecule has 0 aliphatic carbocycles. The van der Waals surface area contributed by atoms with Crippen LogP contribution in [0, 0.1) is 0 Å². The Balaban J connectivity index is 2.50. The van der Waals surface area contributed by atoms with E-state index < -0.39 is 18.1 Å². The molecule has 3 amide bonds. The fourth-order valence-electron chi connectivity index (χ4n) is 0.686. The van der Waals surface area contributed by atoms with Crippen LogP contribution in [0.3, 0.4) is 0 Å². The van der Waals surface area contributed by atoms with Crippen molar-refractivity contribution in [2.45, 2.75) is 12.6 Å². The first kappa shape index (κ1) is 6.97. The number of carbonyl (C=O) groups is 2. The summed E-state index contributed by atoms with van der Waals surface area (Å²) in [4.78, 5) is 21.0. The second-order valence-electron chi connectivity index (χ2n) is 1.91. The minimum atomic E-state index is -0.666. The van der Waals surface area contributed by atoms with Crippen LogP contribution in [0.15, 0.2) is 0 Å². The number of hydrogen-bond donors (Lipinski definition) is 4. The molecule has 10 heavy (non-hydrogen) atoms. The number of rotatable bonds is 1. The molecule has 0 aromatic rings. The Morgan fingerprint density at radius 2 is 2.30 bits per heavy atom. The first-order chi connectivity index (χ1) is 4.72. The largest absolute Gasteiger partial charge is 0.322 e. The molecule has 1 rings (SSSR count). The van der Waals surface area contributed by atoms with Crippen LogP contribution in [0.5, 0.6) is 0 Å². The molecular formula is C4H7N3O3. The Morgan fingerprint density at radius 3 is 2.80 bits per heavy atom. The number of nitrogens with one attached hydrogen (secondary N) is 3. The van der Waals surface area contributed by atoms with Crippen molar-refractivity contribution in [3.63, 3.8) is 0 Å². The fraction of sp³-hybridized carbons (Fsp3) is 0.500. The molecule has 0 saturated carbocycles. The highest BCUT2D eigenvalue weighted by Crippen LogP contribution is 1.92. The van der Waals surface area contributed by atoms with Crippen LogP contribution < -0.4 is 16.1 Å². The highest BCUT2D eigenvalue weighted by molar-refractivity contribution is 5.96. The predicted octanol–water partition coefficient (Wildman–Crippen LogP) is -1.48. The standard InChI is InChI=1S/C4H7N3O3/c8-3-1-2(7-10)5-4(9)6-3/h2,7,10H,1H2,(H2,5,6,8,9)/t2-/m1/s1. The fourth-order valence-corrected chi connectivity index (χ4v) is 0.686. The molecule has 0 bridgehead atoms. The van der Waals surface area contributed by atoms with Gasteiger partial charge in [-0.05, 0) is 0 Å². The monoisotopic (exact) mass is 145 g/mol. The van der Waals surface area contributed by atoms with E-state index in [0.717, 1.165) is 0 Å². The van der Waals surface area contributed by atoms with Crippen molar-refractivity contribution in [3.8, 4) is 0 Å². The third kappa shape index (κ3) is 1.42. The van der Waals surface area contributed by atoms with E-state index in [9.17, 15) is 9.59 Å². The SMILES string of the molecule is O=C1C[C@@H](NO)NC(=O)N1. The number of urea groups is 1. The first-order valence-electron chi connectivity index (χ1n) is 2.72. The summed E-state index contributed by atoms with van der Waals surface area (Å²) in [5, 5.41) is 12.5. The van der Waals surface area contributed by atoms with E-state index in [1.807, 2.05) is 5.32 Å². The van der Waals surface area contributed by atoms with Crippen molar-refractivity contribution < 1.29 is 14.8 Å². The maximum absolute atomic E-state index is 10.5. The summed E-state index contributed by atoms with van der Waals surface area (Å²) in [6.45, 7) is 0. The molecule has 6 nitrogen and oxygen atoms in total. The van der Waals surface area contributed by atoms with Crippen LogP contribution in [0.1, 0.15) is 6.42 Å². The van der Waals surface area contributed by atoms with Gasteiger partial charge in [-0.3, -0.25) is 10.1 Å². The van der Waals surface area contributed by atoms with Crippen LogP contribution in [-0.2, 0) is 4.79 Å². The average Bonchev–Trinajstić information content (AvgIpc) is 1.85. The molecule has 0 aromatic heterocycles. The molecule has 1 atom stereocenters. The van der Waals surface area contributed by atoms with Crippen molar-refractivity contribution >= 4 is 11.9 Å². The molecule has 6 heteroatoms. The second-order valence-corrected chi connectivity index (χ2v) is 1.91. The number of imide groups is 1. The molecule has 4 N–H and O–H groups in total. The van der Waals surface area contributed by atoms with Gasteiger partial charge in [-0.1, -0.05) is 0 Å². The van der Waals surface area contributed by atoms with Crippen molar-refractivity contribution in [3.05, 3.63) is 0 Å². The number of carbonyl (C=O) groups excluding carboxylic acids is 2. The zero-order chi connectivity index (χ0) is 7.56. The maximum Gasteiger partial charge on any atom is 0.322 e. The lowest BCUT2D eigenvalue weighted by Gasteiger charge is -2.20. The summed E-state index contributed by atoms with van der Waals surface area (Å²) in [6, 6.07) is -0.595. The van der Waals surface area contributed by atoms with Gasteiger partial charge in [0.2, 0.25) is 5.91 Å². The van der Waals surface area contributed by atoms with Crippen molar-refractivity contribution in [1.82, 2.24) is 16.1 Å². The molecule has 1 aliphatic heterocycles. The summed E-state index contributed by atoms with van der Waals surface area (Å²) >= 11 is 0. The van der Waals surface area contributed by atoms with E-state index in [4.69, 9.17) is 5.21 Å². The van der Waals surface area contributed by atoms with Gasteiger partial charge >= 0.3 is 6.03 Å². The average molecular weight is 145 g/mol. The van der Waals surface area contributed by atoms with E-state index in [-0.39, 0.29) is 6.42 Å². The lowest BCUT2D eigenvalue weighted by atomic mass is 10.3. The van der Waals surface area contributed by atoms with Crippen LogP contribution in [0.2, 0.25) is 0 Å². The molecule has 1 heterocycles.